The van der Waals surface area contributed by atoms with E-state index in [1.165, 1.54) is 0 Å². The number of carbonyl (C=O) groups is 1. The molecular weight excluding hydrogens is 232 g/mol. The van der Waals surface area contributed by atoms with E-state index in [1.54, 1.807) is 18.0 Å². The van der Waals surface area contributed by atoms with Crippen molar-refractivity contribution in [3.63, 3.8) is 0 Å². The minimum absolute atomic E-state index is 0.188. The lowest BCUT2D eigenvalue weighted by atomic mass is 10.1. The molecule has 0 aliphatic heterocycles. The zero-order valence-corrected chi connectivity index (χ0v) is 10.5. The van der Waals surface area contributed by atoms with Gasteiger partial charge in [-0.2, -0.15) is 0 Å². The highest BCUT2D eigenvalue weighted by atomic mass is 32.2. The van der Waals surface area contributed by atoms with Gasteiger partial charge in [0.05, 0.1) is 12.0 Å². The number of rotatable bonds is 5. The maximum atomic E-state index is 11.4. The molecule has 0 aliphatic rings. The summed E-state index contributed by atoms with van der Waals surface area (Å²) in [5.41, 5.74) is 0.787. The first-order valence-corrected chi connectivity index (χ1v) is 6.56. The maximum absolute atomic E-state index is 11.4. The van der Waals surface area contributed by atoms with Crippen molar-refractivity contribution in [2.45, 2.75) is 24.0 Å². The molecule has 0 bridgehead atoms. The number of benzene rings is 1. The van der Waals surface area contributed by atoms with Crippen molar-refractivity contribution in [1.29, 1.82) is 0 Å². The molecule has 2 nitrogen and oxygen atoms in total. The van der Waals surface area contributed by atoms with Gasteiger partial charge in [0, 0.05) is 16.9 Å². The summed E-state index contributed by atoms with van der Waals surface area (Å²) < 4.78 is 5.26. The Bertz CT molecular complexity index is 471. The lowest BCUT2D eigenvalue weighted by Crippen LogP contribution is -1.95. The molecule has 0 N–H and O–H groups in total. The number of furan rings is 1. The Kier molecular flexibility index (Phi) is 4.04. The summed E-state index contributed by atoms with van der Waals surface area (Å²) >= 11 is 1.70. The van der Waals surface area contributed by atoms with Crippen LogP contribution in [-0.2, 0) is 5.75 Å². The van der Waals surface area contributed by atoms with Crippen molar-refractivity contribution in [2.75, 3.05) is 0 Å². The molecule has 0 radical (unpaired) electrons. The molecule has 0 spiro atoms. The van der Waals surface area contributed by atoms with Crippen LogP contribution in [0.5, 0.6) is 0 Å². The third-order valence-electron chi connectivity index (χ3n) is 2.46. The van der Waals surface area contributed by atoms with Crippen LogP contribution >= 0.6 is 11.8 Å². The van der Waals surface area contributed by atoms with E-state index in [4.69, 9.17) is 4.42 Å². The first-order chi connectivity index (χ1) is 8.29. The molecule has 0 saturated heterocycles. The van der Waals surface area contributed by atoms with Crippen molar-refractivity contribution in [2.24, 2.45) is 0 Å². The van der Waals surface area contributed by atoms with Crippen LogP contribution in [0, 0.1) is 0 Å². The van der Waals surface area contributed by atoms with Gasteiger partial charge in [0.1, 0.15) is 5.76 Å². The maximum Gasteiger partial charge on any atom is 0.162 e. The highest BCUT2D eigenvalue weighted by molar-refractivity contribution is 7.98. The lowest BCUT2D eigenvalue weighted by molar-refractivity contribution is 0.0988. The first kappa shape index (κ1) is 12.0. The molecule has 17 heavy (non-hydrogen) atoms. The summed E-state index contributed by atoms with van der Waals surface area (Å²) in [5.74, 6) is 1.96. The zero-order valence-electron chi connectivity index (χ0n) is 9.68. The summed E-state index contributed by atoms with van der Waals surface area (Å²) in [4.78, 5) is 12.6. The van der Waals surface area contributed by atoms with Gasteiger partial charge in [0.25, 0.3) is 0 Å². The average molecular weight is 246 g/mol. The van der Waals surface area contributed by atoms with Crippen molar-refractivity contribution in [3.05, 3.63) is 54.0 Å². The van der Waals surface area contributed by atoms with E-state index in [-0.39, 0.29) is 5.78 Å². The van der Waals surface area contributed by atoms with Crippen LogP contribution in [0.3, 0.4) is 0 Å². The monoisotopic (exact) mass is 246 g/mol. The first-order valence-electron chi connectivity index (χ1n) is 5.58. The van der Waals surface area contributed by atoms with Crippen molar-refractivity contribution in [3.8, 4) is 0 Å². The van der Waals surface area contributed by atoms with Gasteiger partial charge in [-0.15, -0.1) is 11.8 Å². The van der Waals surface area contributed by atoms with Gasteiger partial charge >= 0.3 is 0 Å². The van der Waals surface area contributed by atoms with Gasteiger partial charge in [0.2, 0.25) is 0 Å². The topological polar surface area (TPSA) is 30.2 Å². The molecule has 0 unspecified atom stereocenters. The molecule has 0 amide bonds. The second kappa shape index (κ2) is 5.73. The molecule has 0 atom stereocenters. The number of Topliss-reactive ketones (excluding diaryl/α,β-unsaturated/α-hetero) is 1. The Hall–Kier alpha value is -1.48. The second-order valence-electron chi connectivity index (χ2n) is 3.67. The minimum atomic E-state index is 0.188. The van der Waals surface area contributed by atoms with E-state index in [0.29, 0.717) is 6.42 Å². The molecule has 2 rings (SSSR count). The lowest BCUT2D eigenvalue weighted by Gasteiger charge is -2.01. The fourth-order valence-corrected chi connectivity index (χ4v) is 2.29. The minimum Gasteiger partial charge on any atom is -0.468 e. The van der Waals surface area contributed by atoms with Crippen molar-refractivity contribution in [1.82, 2.24) is 0 Å². The number of ketones is 1. The Labute approximate surface area is 105 Å². The number of thioether (sulfide) groups is 1. The van der Waals surface area contributed by atoms with Crippen LogP contribution in [0.4, 0.5) is 0 Å². The van der Waals surface area contributed by atoms with Gasteiger partial charge < -0.3 is 4.42 Å². The third-order valence-corrected chi connectivity index (χ3v) is 3.49. The smallest absolute Gasteiger partial charge is 0.162 e. The summed E-state index contributed by atoms with van der Waals surface area (Å²) in [5, 5.41) is 0. The molecular formula is C14H14O2S. The summed E-state index contributed by atoms with van der Waals surface area (Å²) in [6.07, 6.45) is 2.23. The SMILES string of the molecule is CCC(=O)c1ccc(SCc2ccco2)cc1. The molecule has 88 valence electrons. The number of hydrogen-bond acceptors (Lipinski definition) is 3. The van der Waals surface area contributed by atoms with Gasteiger partial charge in [-0.25, -0.2) is 0 Å². The van der Waals surface area contributed by atoms with Crippen LogP contribution in [0.2, 0.25) is 0 Å². The molecule has 0 fully saturated rings. The van der Waals surface area contributed by atoms with Crippen LogP contribution in [0.15, 0.2) is 52.0 Å². The fourth-order valence-electron chi connectivity index (χ4n) is 1.49. The van der Waals surface area contributed by atoms with E-state index in [0.717, 1.165) is 22.0 Å². The van der Waals surface area contributed by atoms with E-state index in [2.05, 4.69) is 0 Å². The average Bonchev–Trinajstić information content (AvgIpc) is 2.89. The summed E-state index contributed by atoms with van der Waals surface area (Å²) in [6, 6.07) is 11.6. The second-order valence-corrected chi connectivity index (χ2v) is 4.72. The van der Waals surface area contributed by atoms with Crippen molar-refractivity contribution < 1.29 is 9.21 Å². The molecule has 0 saturated carbocycles. The van der Waals surface area contributed by atoms with Gasteiger partial charge in [-0.05, 0) is 24.3 Å². The molecule has 1 aromatic heterocycles. The predicted molar refractivity (Wildman–Crippen MR) is 69.3 cm³/mol. The standard InChI is InChI=1S/C14H14O2S/c1-2-14(15)11-5-7-13(8-6-11)17-10-12-4-3-9-16-12/h3-9H,2,10H2,1H3. The number of hydrogen-bond donors (Lipinski definition) is 0. The Balaban J connectivity index is 1.96. The van der Waals surface area contributed by atoms with Crippen molar-refractivity contribution >= 4 is 17.5 Å². The normalized spacial score (nSPS) is 10.4. The van der Waals surface area contributed by atoms with Crippen LogP contribution in [0.25, 0.3) is 0 Å². The van der Waals surface area contributed by atoms with Crippen LogP contribution in [0.1, 0.15) is 29.5 Å². The molecule has 3 heteroatoms. The summed E-state index contributed by atoms with van der Waals surface area (Å²) in [6.45, 7) is 1.88. The van der Waals surface area contributed by atoms with E-state index in [1.807, 2.05) is 43.3 Å². The third kappa shape index (κ3) is 3.24. The van der Waals surface area contributed by atoms with Gasteiger partial charge in [0.15, 0.2) is 5.78 Å². The summed E-state index contributed by atoms with van der Waals surface area (Å²) in [7, 11) is 0. The number of carbonyl (C=O) groups excluding carboxylic acids is 1. The Morgan fingerprint density at radius 1 is 1.24 bits per heavy atom. The van der Waals surface area contributed by atoms with Crippen LogP contribution in [-0.4, -0.2) is 5.78 Å². The quantitative estimate of drug-likeness (QED) is 0.586. The Morgan fingerprint density at radius 3 is 2.59 bits per heavy atom. The highest BCUT2D eigenvalue weighted by Crippen LogP contribution is 2.23. The highest BCUT2D eigenvalue weighted by Gasteiger charge is 2.03. The van der Waals surface area contributed by atoms with E-state index >= 15 is 0 Å². The Morgan fingerprint density at radius 2 is 2.00 bits per heavy atom. The molecule has 1 aromatic carbocycles. The molecule has 2 aromatic rings. The van der Waals surface area contributed by atoms with Gasteiger partial charge in [-0.3, -0.25) is 4.79 Å². The largest absolute Gasteiger partial charge is 0.468 e. The fraction of sp³-hybridized carbons (Fsp3) is 0.214. The molecule has 1 heterocycles. The van der Waals surface area contributed by atoms with E-state index in [9.17, 15) is 4.79 Å². The van der Waals surface area contributed by atoms with Crippen LogP contribution < -0.4 is 0 Å². The predicted octanol–water partition coefficient (Wildman–Crippen LogP) is 4.16. The zero-order chi connectivity index (χ0) is 12.1. The van der Waals surface area contributed by atoms with Gasteiger partial charge in [-0.1, -0.05) is 19.1 Å². The molecule has 0 aliphatic carbocycles. The van der Waals surface area contributed by atoms with E-state index < -0.39 is 0 Å².